The van der Waals surface area contributed by atoms with Gasteiger partial charge in [0.2, 0.25) is 0 Å². The minimum Gasteiger partial charge on any atom is -0.497 e. The maximum Gasteiger partial charge on any atom is 0.292 e. The summed E-state index contributed by atoms with van der Waals surface area (Å²) in [6, 6.07) is 12.1. The largest absolute Gasteiger partial charge is 0.497 e. The Labute approximate surface area is 104 Å². The molecule has 5 heteroatoms. The number of nitrogens with two attached hydrogens (primary N) is 1. The Morgan fingerprint density at radius 3 is 2.28 bits per heavy atom. The van der Waals surface area contributed by atoms with E-state index in [2.05, 4.69) is 0 Å². The maximum atomic E-state index is 10.8. The molecule has 0 aromatic heterocycles. The van der Waals surface area contributed by atoms with Crippen LogP contribution in [0, 0.1) is 10.1 Å². The van der Waals surface area contributed by atoms with Gasteiger partial charge in [0.1, 0.15) is 11.4 Å². The van der Waals surface area contributed by atoms with Crippen molar-refractivity contribution in [3.8, 4) is 16.9 Å². The number of ether oxygens (including phenoxy) is 1. The molecule has 5 nitrogen and oxygen atoms in total. The van der Waals surface area contributed by atoms with Crippen LogP contribution in [0.3, 0.4) is 0 Å². The number of nitrogen functional groups attached to an aromatic ring is 1. The molecule has 2 aromatic rings. The lowest BCUT2D eigenvalue weighted by Gasteiger charge is -2.05. The molecule has 2 rings (SSSR count). The molecule has 18 heavy (non-hydrogen) atoms. The van der Waals surface area contributed by atoms with E-state index in [4.69, 9.17) is 10.5 Å². The topological polar surface area (TPSA) is 78.4 Å². The van der Waals surface area contributed by atoms with E-state index in [0.29, 0.717) is 0 Å². The van der Waals surface area contributed by atoms with E-state index in [1.807, 2.05) is 12.1 Å². The first kappa shape index (κ1) is 11.9. The van der Waals surface area contributed by atoms with Crippen molar-refractivity contribution in [3.63, 3.8) is 0 Å². The molecule has 92 valence electrons. The molecule has 0 saturated carbocycles. The number of methoxy groups -OCH3 is 1. The van der Waals surface area contributed by atoms with E-state index < -0.39 is 4.92 Å². The van der Waals surface area contributed by atoms with E-state index in [-0.39, 0.29) is 11.4 Å². The number of hydrogen-bond acceptors (Lipinski definition) is 4. The third-order valence-corrected chi connectivity index (χ3v) is 2.65. The minimum atomic E-state index is -0.484. The number of anilines is 1. The third kappa shape index (κ3) is 2.24. The average Bonchev–Trinajstić information content (AvgIpc) is 2.39. The van der Waals surface area contributed by atoms with Crippen molar-refractivity contribution in [3.05, 3.63) is 52.6 Å². The first-order valence-corrected chi connectivity index (χ1v) is 5.30. The van der Waals surface area contributed by atoms with Crippen molar-refractivity contribution < 1.29 is 9.66 Å². The van der Waals surface area contributed by atoms with Crippen LogP contribution < -0.4 is 10.5 Å². The van der Waals surface area contributed by atoms with E-state index >= 15 is 0 Å². The molecule has 0 saturated heterocycles. The number of hydrogen-bond donors (Lipinski definition) is 1. The summed E-state index contributed by atoms with van der Waals surface area (Å²) in [6.45, 7) is 0. The van der Waals surface area contributed by atoms with Crippen LogP contribution in [0.5, 0.6) is 5.75 Å². The average molecular weight is 244 g/mol. The molecule has 0 bridgehead atoms. The van der Waals surface area contributed by atoms with E-state index in [0.717, 1.165) is 16.9 Å². The van der Waals surface area contributed by atoms with Crippen LogP contribution in [0.2, 0.25) is 0 Å². The highest BCUT2D eigenvalue weighted by Crippen LogP contribution is 2.29. The van der Waals surface area contributed by atoms with Crippen LogP contribution in [-0.2, 0) is 0 Å². The lowest BCUT2D eigenvalue weighted by molar-refractivity contribution is -0.383. The number of benzene rings is 2. The molecule has 0 atom stereocenters. The standard InChI is InChI=1S/C13H12N2O3/c1-18-11-5-2-9(3-6-11)10-4-7-12(14)13(8-10)15(16)17/h2-8H,14H2,1H3. The molecule has 0 aliphatic heterocycles. The van der Waals surface area contributed by atoms with Gasteiger partial charge < -0.3 is 10.5 Å². The fourth-order valence-corrected chi connectivity index (χ4v) is 1.66. The van der Waals surface area contributed by atoms with E-state index in [9.17, 15) is 10.1 Å². The lowest BCUT2D eigenvalue weighted by atomic mass is 10.0. The molecule has 0 aliphatic carbocycles. The summed E-state index contributed by atoms with van der Waals surface area (Å²) in [5.74, 6) is 0.740. The second kappa shape index (κ2) is 4.75. The van der Waals surface area contributed by atoms with Crippen LogP contribution >= 0.6 is 0 Å². The first-order chi connectivity index (χ1) is 8.61. The molecule has 0 unspecified atom stereocenters. The molecular weight excluding hydrogens is 232 g/mol. The van der Waals surface area contributed by atoms with Crippen molar-refractivity contribution in [2.24, 2.45) is 0 Å². The second-order valence-electron chi connectivity index (χ2n) is 3.76. The molecule has 2 aromatic carbocycles. The van der Waals surface area contributed by atoms with Gasteiger partial charge in [-0.3, -0.25) is 10.1 Å². The van der Waals surface area contributed by atoms with Crippen LogP contribution in [0.4, 0.5) is 11.4 Å². The highest BCUT2D eigenvalue weighted by atomic mass is 16.6. The normalized spacial score (nSPS) is 10.1. The second-order valence-corrected chi connectivity index (χ2v) is 3.76. The molecule has 0 spiro atoms. The summed E-state index contributed by atoms with van der Waals surface area (Å²) >= 11 is 0. The minimum absolute atomic E-state index is 0.0803. The predicted octanol–water partition coefficient (Wildman–Crippen LogP) is 2.85. The quantitative estimate of drug-likeness (QED) is 0.511. The van der Waals surface area contributed by atoms with E-state index in [1.54, 1.807) is 25.3 Å². The van der Waals surface area contributed by atoms with E-state index in [1.165, 1.54) is 12.1 Å². The summed E-state index contributed by atoms with van der Waals surface area (Å²) in [5, 5.41) is 10.8. The third-order valence-electron chi connectivity index (χ3n) is 2.65. The smallest absolute Gasteiger partial charge is 0.292 e. The molecule has 0 aliphatic rings. The molecule has 0 fully saturated rings. The van der Waals surface area contributed by atoms with Crippen molar-refractivity contribution in [2.45, 2.75) is 0 Å². The van der Waals surface area contributed by atoms with Gasteiger partial charge in [0.25, 0.3) is 5.69 Å². The van der Waals surface area contributed by atoms with Gasteiger partial charge in [-0.05, 0) is 29.3 Å². The zero-order valence-electron chi connectivity index (χ0n) is 9.79. The molecule has 2 N–H and O–H groups in total. The molecule has 0 heterocycles. The Kier molecular flexibility index (Phi) is 3.14. The monoisotopic (exact) mass is 244 g/mol. The zero-order chi connectivity index (χ0) is 13.1. The highest BCUT2D eigenvalue weighted by molar-refractivity contribution is 5.72. The number of nitro benzene ring substituents is 1. The summed E-state index contributed by atoms with van der Waals surface area (Å²) in [5.41, 5.74) is 7.26. The van der Waals surface area contributed by atoms with Gasteiger partial charge in [0.15, 0.2) is 0 Å². The Hall–Kier alpha value is -2.56. The van der Waals surface area contributed by atoms with Gasteiger partial charge in [-0.2, -0.15) is 0 Å². The van der Waals surface area contributed by atoms with Gasteiger partial charge in [0, 0.05) is 6.07 Å². The van der Waals surface area contributed by atoms with Crippen LogP contribution in [0.15, 0.2) is 42.5 Å². The molecular formula is C13H12N2O3. The molecule has 0 radical (unpaired) electrons. The van der Waals surface area contributed by atoms with Crippen LogP contribution in [-0.4, -0.2) is 12.0 Å². The fourth-order valence-electron chi connectivity index (χ4n) is 1.66. The number of rotatable bonds is 3. The summed E-state index contributed by atoms with van der Waals surface area (Å²) in [6.07, 6.45) is 0. The van der Waals surface area contributed by atoms with Crippen molar-refractivity contribution in [1.82, 2.24) is 0 Å². The van der Waals surface area contributed by atoms with Crippen molar-refractivity contribution in [2.75, 3.05) is 12.8 Å². The summed E-state index contributed by atoms with van der Waals surface area (Å²) in [7, 11) is 1.59. The SMILES string of the molecule is COc1ccc(-c2ccc(N)c([N+](=O)[O-])c2)cc1. The number of nitrogens with zero attached hydrogens (tertiary/aromatic N) is 1. The summed E-state index contributed by atoms with van der Waals surface area (Å²) in [4.78, 5) is 10.3. The van der Waals surface area contributed by atoms with Gasteiger partial charge in [-0.15, -0.1) is 0 Å². The van der Waals surface area contributed by atoms with Crippen molar-refractivity contribution >= 4 is 11.4 Å². The van der Waals surface area contributed by atoms with Gasteiger partial charge in [-0.1, -0.05) is 18.2 Å². The van der Waals surface area contributed by atoms with Crippen molar-refractivity contribution in [1.29, 1.82) is 0 Å². The first-order valence-electron chi connectivity index (χ1n) is 5.30. The van der Waals surface area contributed by atoms with Crippen LogP contribution in [0.25, 0.3) is 11.1 Å². The van der Waals surface area contributed by atoms with Gasteiger partial charge in [-0.25, -0.2) is 0 Å². The Morgan fingerprint density at radius 2 is 1.72 bits per heavy atom. The lowest BCUT2D eigenvalue weighted by Crippen LogP contribution is -1.95. The highest BCUT2D eigenvalue weighted by Gasteiger charge is 2.12. The van der Waals surface area contributed by atoms with Gasteiger partial charge in [0.05, 0.1) is 12.0 Å². The molecule has 0 amide bonds. The van der Waals surface area contributed by atoms with Crippen LogP contribution in [0.1, 0.15) is 0 Å². The Morgan fingerprint density at radius 1 is 1.11 bits per heavy atom. The maximum absolute atomic E-state index is 10.8. The summed E-state index contributed by atoms with van der Waals surface area (Å²) < 4.78 is 5.06. The predicted molar refractivity (Wildman–Crippen MR) is 69.5 cm³/mol. The fraction of sp³-hybridized carbons (Fsp3) is 0.0769. The number of nitro groups is 1. The zero-order valence-corrected chi connectivity index (χ0v) is 9.79. The van der Waals surface area contributed by atoms with Gasteiger partial charge >= 0.3 is 0 Å². The Balaban J connectivity index is 2.44. The Bertz CT molecular complexity index is 579.